The molecular formula is C20H21N3O3. The molecule has 26 heavy (non-hydrogen) atoms. The fraction of sp³-hybridized carbons (Fsp3) is 0.300. The van der Waals surface area contributed by atoms with E-state index in [9.17, 15) is 4.79 Å². The number of fused-ring (bicyclic) bond motifs is 2. The largest absolute Gasteiger partial charge is 0.481 e. The van der Waals surface area contributed by atoms with E-state index in [1.165, 1.54) is 0 Å². The zero-order valence-corrected chi connectivity index (χ0v) is 14.5. The first-order valence-corrected chi connectivity index (χ1v) is 8.85. The molecule has 2 heterocycles. The maximum atomic E-state index is 10.8. The van der Waals surface area contributed by atoms with Crippen LogP contribution in [0.15, 0.2) is 53.5 Å². The predicted octanol–water partition coefficient (Wildman–Crippen LogP) is 2.96. The van der Waals surface area contributed by atoms with Crippen molar-refractivity contribution in [2.75, 3.05) is 32.7 Å². The Hall–Kier alpha value is -2.86. The highest BCUT2D eigenvalue weighted by atomic mass is 16.5. The van der Waals surface area contributed by atoms with Crippen LogP contribution in [0.4, 0.5) is 5.69 Å². The van der Waals surface area contributed by atoms with E-state index in [0.29, 0.717) is 6.54 Å². The molecule has 2 aromatic rings. The molecule has 0 amide bonds. The molecule has 0 saturated carbocycles. The van der Waals surface area contributed by atoms with Gasteiger partial charge in [-0.2, -0.15) is 0 Å². The fourth-order valence-electron chi connectivity index (χ4n) is 3.35. The number of aliphatic carboxylic acids is 1. The highest BCUT2D eigenvalue weighted by Crippen LogP contribution is 2.37. The standard InChI is InChI=1S/C20H21N3O3/c24-19(25)9-10-22-11-13-23(14-12-22)20-15-5-1-3-7-17(15)26-18-8-4-2-6-16(18)21-20/h1-8H,9-14H2,(H,24,25). The average molecular weight is 351 g/mol. The van der Waals surface area contributed by atoms with E-state index < -0.39 is 5.97 Å². The summed E-state index contributed by atoms with van der Waals surface area (Å²) >= 11 is 0. The molecule has 0 atom stereocenters. The van der Waals surface area contributed by atoms with Gasteiger partial charge in [-0.3, -0.25) is 9.69 Å². The molecule has 1 N–H and O–H groups in total. The summed E-state index contributed by atoms with van der Waals surface area (Å²) in [4.78, 5) is 20.1. The number of carbonyl (C=O) groups is 1. The first-order valence-electron chi connectivity index (χ1n) is 8.85. The highest BCUT2D eigenvalue weighted by Gasteiger charge is 2.25. The van der Waals surface area contributed by atoms with Gasteiger partial charge >= 0.3 is 5.97 Å². The molecule has 134 valence electrons. The molecule has 6 heteroatoms. The Kier molecular flexibility index (Phi) is 4.58. The van der Waals surface area contributed by atoms with Crippen molar-refractivity contribution in [1.29, 1.82) is 0 Å². The third-order valence-corrected chi connectivity index (χ3v) is 4.75. The topological polar surface area (TPSA) is 65.4 Å². The molecule has 2 aliphatic rings. The second-order valence-electron chi connectivity index (χ2n) is 6.47. The summed E-state index contributed by atoms with van der Waals surface area (Å²) in [6, 6.07) is 15.8. The molecule has 0 bridgehead atoms. The molecule has 0 unspecified atom stereocenters. The van der Waals surface area contributed by atoms with Crippen LogP contribution in [0.3, 0.4) is 0 Å². The van der Waals surface area contributed by atoms with E-state index in [1.807, 2.05) is 48.5 Å². The highest BCUT2D eigenvalue weighted by molar-refractivity contribution is 6.03. The Morgan fingerprint density at radius 2 is 1.69 bits per heavy atom. The summed E-state index contributed by atoms with van der Waals surface area (Å²) in [7, 11) is 0. The lowest BCUT2D eigenvalue weighted by molar-refractivity contribution is -0.137. The first kappa shape index (κ1) is 16.6. The van der Waals surface area contributed by atoms with Gasteiger partial charge in [-0.25, -0.2) is 4.99 Å². The first-order chi connectivity index (χ1) is 12.7. The number of hydrogen-bond acceptors (Lipinski definition) is 5. The zero-order valence-electron chi connectivity index (χ0n) is 14.5. The van der Waals surface area contributed by atoms with Crippen LogP contribution in [0.1, 0.15) is 12.0 Å². The van der Waals surface area contributed by atoms with Crippen LogP contribution in [-0.4, -0.2) is 59.4 Å². The monoisotopic (exact) mass is 351 g/mol. The number of carboxylic acid groups (broad SMARTS) is 1. The number of nitrogens with zero attached hydrogens (tertiary/aromatic N) is 3. The average Bonchev–Trinajstić information content (AvgIpc) is 2.83. The summed E-state index contributed by atoms with van der Waals surface area (Å²) in [5.41, 5.74) is 1.81. The van der Waals surface area contributed by atoms with Gasteiger partial charge in [-0.1, -0.05) is 24.3 Å². The van der Waals surface area contributed by atoms with Crippen molar-refractivity contribution in [3.63, 3.8) is 0 Å². The number of hydrogen-bond donors (Lipinski definition) is 1. The van der Waals surface area contributed by atoms with Crippen molar-refractivity contribution in [3.8, 4) is 11.5 Å². The number of amidine groups is 1. The molecule has 0 radical (unpaired) electrons. The van der Waals surface area contributed by atoms with Gasteiger partial charge in [0.15, 0.2) is 5.75 Å². The minimum atomic E-state index is -0.747. The lowest BCUT2D eigenvalue weighted by Crippen LogP contribution is -2.49. The lowest BCUT2D eigenvalue weighted by atomic mass is 10.1. The SMILES string of the molecule is O=C(O)CCN1CCN(C2=Nc3ccccc3Oc3ccccc32)CC1. The minimum Gasteiger partial charge on any atom is -0.481 e. The van der Waals surface area contributed by atoms with Crippen molar-refractivity contribution in [3.05, 3.63) is 54.1 Å². The second-order valence-corrected chi connectivity index (χ2v) is 6.47. The molecule has 6 nitrogen and oxygen atoms in total. The van der Waals surface area contributed by atoms with E-state index in [-0.39, 0.29) is 6.42 Å². The van der Waals surface area contributed by atoms with Gasteiger partial charge in [0.25, 0.3) is 0 Å². The lowest BCUT2D eigenvalue weighted by Gasteiger charge is -2.36. The maximum Gasteiger partial charge on any atom is 0.304 e. The predicted molar refractivity (Wildman–Crippen MR) is 99.4 cm³/mol. The van der Waals surface area contributed by atoms with Crippen LogP contribution in [0, 0.1) is 0 Å². The van der Waals surface area contributed by atoms with Crippen LogP contribution in [0.5, 0.6) is 11.5 Å². The van der Waals surface area contributed by atoms with Crippen molar-refractivity contribution < 1.29 is 14.6 Å². The molecular weight excluding hydrogens is 330 g/mol. The molecule has 0 spiro atoms. The minimum absolute atomic E-state index is 0.186. The number of rotatable bonds is 3. The molecule has 2 aliphatic heterocycles. The quantitative estimate of drug-likeness (QED) is 0.921. The van der Waals surface area contributed by atoms with Crippen LogP contribution < -0.4 is 4.74 Å². The van der Waals surface area contributed by atoms with Crippen molar-refractivity contribution in [2.45, 2.75) is 6.42 Å². The summed E-state index contributed by atoms with van der Waals surface area (Å²) < 4.78 is 6.09. The van der Waals surface area contributed by atoms with Gasteiger partial charge in [0.05, 0.1) is 12.0 Å². The normalized spacial score (nSPS) is 16.8. The summed E-state index contributed by atoms with van der Waals surface area (Å²) in [6.07, 6.45) is 0.186. The maximum absolute atomic E-state index is 10.8. The van der Waals surface area contributed by atoms with Crippen LogP contribution in [0.2, 0.25) is 0 Å². The van der Waals surface area contributed by atoms with E-state index in [4.69, 9.17) is 14.8 Å². The van der Waals surface area contributed by atoms with E-state index in [1.54, 1.807) is 0 Å². The number of aliphatic imine (C=N–C) groups is 1. The Morgan fingerprint density at radius 1 is 1.00 bits per heavy atom. The van der Waals surface area contributed by atoms with Crippen LogP contribution in [0.25, 0.3) is 0 Å². The molecule has 0 aromatic heterocycles. The van der Waals surface area contributed by atoms with Gasteiger partial charge in [0.2, 0.25) is 0 Å². The number of piperazine rings is 1. The Morgan fingerprint density at radius 3 is 2.46 bits per heavy atom. The van der Waals surface area contributed by atoms with E-state index in [0.717, 1.165) is 54.8 Å². The Balaban J connectivity index is 1.59. The number of ether oxygens (including phenoxy) is 1. The number of benzene rings is 2. The van der Waals surface area contributed by atoms with E-state index in [2.05, 4.69) is 9.80 Å². The third kappa shape index (κ3) is 3.41. The van der Waals surface area contributed by atoms with Gasteiger partial charge < -0.3 is 14.7 Å². The molecule has 2 aromatic carbocycles. The van der Waals surface area contributed by atoms with Crippen molar-refractivity contribution in [2.24, 2.45) is 4.99 Å². The van der Waals surface area contributed by atoms with Gasteiger partial charge in [0.1, 0.15) is 17.3 Å². The van der Waals surface area contributed by atoms with Gasteiger partial charge in [-0.15, -0.1) is 0 Å². The summed E-state index contributed by atoms with van der Waals surface area (Å²) in [5, 5.41) is 8.86. The molecule has 4 rings (SSSR count). The Bertz CT molecular complexity index is 842. The summed E-state index contributed by atoms with van der Waals surface area (Å²) in [6.45, 7) is 3.88. The van der Waals surface area contributed by atoms with Crippen LogP contribution in [-0.2, 0) is 4.79 Å². The van der Waals surface area contributed by atoms with E-state index >= 15 is 0 Å². The number of carboxylic acids is 1. The molecule has 1 fully saturated rings. The third-order valence-electron chi connectivity index (χ3n) is 4.75. The smallest absolute Gasteiger partial charge is 0.304 e. The Labute approximate surface area is 152 Å². The van der Waals surface area contributed by atoms with Crippen LogP contribution >= 0.6 is 0 Å². The van der Waals surface area contributed by atoms with Crippen molar-refractivity contribution >= 4 is 17.5 Å². The number of para-hydroxylation sites is 3. The summed E-state index contributed by atoms with van der Waals surface area (Å²) in [5.74, 6) is 1.74. The molecule has 0 aliphatic carbocycles. The van der Waals surface area contributed by atoms with Crippen molar-refractivity contribution in [1.82, 2.24) is 9.80 Å². The molecule has 1 saturated heterocycles. The van der Waals surface area contributed by atoms with Gasteiger partial charge in [0, 0.05) is 32.7 Å². The zero-order chi connectivity index (χ0) is 17.9. The second kappa shape index (κ2) is 7.17. The van der Waals surface area contributed by atoms with Gasteiger partial charge in [-0.05, 0) is 24.3 Å². The fourth-order valence-corrected chi connectivity index (χ4v) is 3.35.